The van der Waals surface area contributed by atoms with Crippen LogP contribution in [0.15, 0.2) is 22.8 Å². The Balaban J connectivity index is 2.21. The standard InChI is InChI=1S/C15H19Br2N3O4/c1-9(19-15(22)23-2)7-20-14-10(6-18-20)3-4-12(13(14)17)24-8-11(21)5-16/h3-4,6,9,11,21H,5,7-8H2,1-2H3,(H,19,22)/t9-,11+/m0/s1. The molecule has 2 atom stereocenters. The molecule has 0 fully saturated rings. The highest BCUT2D eigenvalue weighted by atomic mass is 79.9. The normalized spacial score (nSPS) is 13.5. The van der Waals surface area contributed by atoms with Gasteiger partial charge in [-0.3, -0.25) is 4.68 Å². The lowest BCUT2D eigenvalue weighted by Gasteiger charge is -2.15. The third-order valence-electron chi connectivity index (χ3n) is 3.31. The number of alkyl halides is 1. The van der Waals surface area contributed by atoms with Crippen molar-refractivity contribution < 1.29 is 19.4 Å². The average molecular weight is 465 g/mol. The van der Waals surface area contributed by atoms with Crippen molar-refractivity contribution in [2.24, 2.45) is 0 Å². The second kappa shape index (κ2) is 8.68. The van der Waals surface area contributed by atoms with Gasteiger partial charge in [0.05, 0.1) is 35.9 Å². The van der Waals surface area contributed by atoms with Gasteiger partial charge in [0, 0.05) is 16.8 Å². The van der Waals surface area contributed by atoms with Crippen molar-refractivity contribution in [1.29, 1.82) is 0 Å². The third-order valence-corrected chi connectivity index (χ3v) is 4.83. The second-order valence-corrected chi connectivity index (χ2v) is 6.74. The smallest absolute Gasteiger partial charge is 0.407 e. The van der Waals surface area contributed by atoms with Crippen molar-refractivity contribution >= 4 is 48.9 Å². The van der Waals surface area contributed by atoms with E-state index in [1.807, 2.05) is 19.1 Å². The van der Waals surface area contributed by atoms with Crippen LogP contribution in [-0.2, 0) is 11.3 Å². The Hall–Kier alpha value is -1.32. The fraction of sp³-hybridized carbons (Fsp3) is 0.467. The second-order valence-electron chi connectivity index (χ2n) is 5.30. The SMILES string of the molecule is COC(=O)N[C@@H](C)Cn1ncc2ccc(OC[C@H](O)CBr)c(Br)c21. The maximum Gasteiger partial charge on any atom is 0.407 e. The predicted octanol–water partition coefficient (Wildman–Crippen LogP) is 2.68. The molecule has 0 aliphatic rings. The first-order valence-electron chi connectivity index (χ1n) is 7.31. The van der Waals surface area contributed by atoms with Crippen molar-refractivity contribution in [2.45, 2.75) is 25.6 Å². The number of aliphatic hydroxyl groups excluding tert-OH is 1. The molecule has 2 N–H and O–H groups in total. The summed E-state index contributed by atoms with van der Waals surface area (Å²) in [4.78, 5) is 11.3. The molecule has 2 rings (SSSR count). The molecule has 0 aliphatic carbocycles. The van der Waals surface area contributed by atoms with Crippen molar-refractivity contribution in [3.8, 4) is 5.75 Å². The van der Waals surface area contributed by atoms with Crippen LogP contribution < -0.4 is 10.1 Å². The molecule has 24 heavy (non-hydrogen) atoms. The summed E-state index contributed by atoms with van der Waals surface area (Å²) in [6.07, 6.45) is 0.690. The van der Waals surface area contributed by atoms with E-state index in [2.05, 4.69) is 47.0 Å². The summed E-state index contributed by atoms with van der Waals surface area (Å²) in [5, 5.41) is 18.1. The molecule has 0 radical (unpaired) electrons. The Bertz CT molecular complexity index is 707. The number of amides is 1. The maximum absolute atomic E-state index is 11.3. The van der Waals surface area contributed by atoms with Crippen LogP contribution in [0.25, 0.3) is 10.9 Å². The van der Waals surface area contributed by atoms with Crippen LogP contribution in [0, 0.1) is 0 Å². The lowest BCUT2D eigenvalue weighted by molar-refractivity contribution is 0.127. The molecule has 9 heteroatoms. The molecule has 7 nitrogen and oxygen atoms in total. The lowest BCUT2D eigenvalue weighted by atomic mass is 10.2. The van der Waals surface area contributed by atoms with E-state index >= 15 is 0 Å². The van der Waals surface area contributed by atoms with Crippen molar-refractivity contribution in [3.05, 3.63) is 22.8 Å². The monoisotopic (exact) mass is 463 g/mol. The fourth-order valence-corrected chi connectivity index (χ4v) is 3.03. The third kappa shape index (κ3) is 4.61. The van der Waals surface area contributed by atoms with Gasteiger partial charge >= 0.3 is 6.09 Å². The molecule has 1 amide bonds. The van der Waals surface area contributed by atoms with E-state index in [-0.39, 0.29) is 12.6 Å². The highest BCUT2D eigenvalue weighted by Gasteiger charge is 2.15. The number of halogens is 2. The summed E-state index contributed by atoms with van der Waals surface area (Å²) >= 11 is 6.75. The van der Waals surface area contributed by atoms with E-state index < -0.39 is 12.2 Å². The zero-order valence-electron chi connectivity index (χ0n) is 13.3. The number of hydrogen-bond donors (Lipinski definition) is 2. The van der Waals surface area contributed by atoms with E-state index in [9.17, 15) is 9.90 Å². The number of fused-ring (bicyclic) bond motifs is 1. The zero-order valence-corrected chi connectivity index (χ0v) is 16.5. The van der Waals surface area contributed by atoms with E-state index in [1.54, 1.807) is 10.9 Å². The Morgan fingerprint density at radius 2 is 2.25 bits per heavy atom. The first-order chi connectivity index (χ1) is 11.5. The van der Waals surface area contributed by atoms with Gasteiger partial charge in [-0.1, -0.05) is 15.9 Å². The first-order valence-corrected chi connectivity index (χ1v) is 9.23. The number of benzene rings is 1. The molecule has 0 saturated carbocycles. The van der Waals surface area contributed by atoms with Gasteiger partial charge in [-0.25, -0.2) is 4.79 Å². The van der Waals surface area contributed by atoms with Crippen LogP contribution in [0.1, 0.15) is 6.92 Å². The van der Waals surface area contributed by atoms with E-state index in [4.69, 9.17) is 4.74 Å². The number of carbonyl (C=O) groups is 1. The highest BCUT2D eigenvalue weighted by molar-refractivity contribution is 9.10. The number of rotatable bonds is 7. The molecule has 0 spiro atoms. The van der Waals surface area contributed by atoms with Gasteiger partial charge < -0.3 is 19.9 Å². The topological polar surface area (TPSA) is 85.6 Å². The van der Waals surface area contributed by atoms with Gasteiger partial charge in [-0.05, 0) is 35.0 Å². The van der Waals surface area contributed by atoms with Gasteiger partial charge in [0.25, 0.3) is 0 Å². The fourth-order valence-electron chi connectivity index (χ4n) is 2.16. The summed E-state index contributed by atoms with van der Waals surface area (Å²) in [7, 11) is 1.33. The van der Waals surface area contributed by atoms with E-state index in [1.165, 1.54) is 7.11 Å². The minimum absolute atomic E-state index is 0.160. The zero-order chi connectivity index (χ0) is 17.7. The number of carbonyl (C=O) groups excluding carboxylic acids is 1. The molecule has 0 saturated heterocycles. The number of hydrogen-bond acceptors (Lipinski definition) is 5. The van der Waals surface area contributed by atoms with Crippen LogP contribution in [-0.4, -0.2) is 52.2 Å². The number of alkyl carbamates (subject to hydrolysis) is 1. The molecule has 1 heterocycles. The van der Waals surface area contributed by atoms with Gasteiger partial charge in [0.1, 0.15) is 12.4 Å². The Morgan fingerprint density at radius 3 is 2.92 bits per heavy atom. The minimum atomic E-state index is -0.582. The van der Waals surface area contributed by atoms with Crippen LogP contribution in [0.5, 0.6) is 5.75 Å². The summed E-state index contributed by atoms with van der Waals surface area (Å²) < 4.78 is 12.8. The number of ether oxygens (including phenoxy) is 2. The first kappa shape index (κ1) is 19.0. The summed E-state index contributed by atoms with van der Waals surface area (Å²) in [5.41, 5.74) is 0.861. The molecular weight excluding hydrogens is 446 g/mol. The number of methoxy groups -OCH3 is 1. The number of nitrogens with zero attached hydrogens (tertiary/aromatic N) is 2. The lowest BCUT2D eigenvalue weighted by Crippen LogP contribution is -2.35. The van der Waals surface area contributed by atoms with Gasteiger partial charge in [0.15, 0.2) is 0 Å². The van der Waals surface area contributed by atoms with Crippen LogP contribution in [0.3, 0.4) is 0 Å². The van der Waals surface area contributed by atoms with E-state index in [0.717, 1.165) is 15.4 Å². The van der Waals surface area contributed by atoms with Crippen LogP contribution in [0.2, 0.25) is 0 Å². The quantitative estimate of drug-likeness (QED) is 0.615. The Labute approximate surface area is 156 Å². The summed E-state index contributed by atoms with van der Waals surface area (Å²) in [6.45, 7) is 2.53. The number of aliphatic hydroxyl groups is 1. The molecular formula is C15H19Br2N3O4. The Kier molecular flexibility index (Phi) is 6.88. The average Bonchev–Trinajstić information content (AvgIpc) is 2.97. The molecule has 1 aromatic heterocycles. The predicted molar refractivity (Wildman–Crippen MR) is 97.7 cm³/mol. The van der Waals surface area contributed by atoms with Gasteiger partial charge in [-0.15, -0.1) is 0 Å². The molecule has 132 valence electrons. The van der Waals surface area contributed by atoms with Crippen LogP contribution >= 0.6 is 31.9 Å². The summed E-state index contributed by atoms with van der Waals surface area (Å²) in [5.74, 6) is 0.623. The molecule has 0 unspecified atom stereocenters. The van der Waals surface area contributed by atoms with E-state index in [0.29, 0.717) is 17.6 Å². The minimum Gasteiger partial charge on any atom is -0.490 e. The molecule has 0 aliphatic heterocycles. The molecule has 2 aromatic rings. The summed E-state index contributed by atoms with van der Waals surface area (Å²) in [6, 6.07) is 3.57. The Morgan fingerprint density at radius 1 is 1.50 bits per heavy atom. The number of aromatic nitrogens is 2. The van der Waals surface area contributed by atoms with Crippen molar-refractivity contribution in [3.63, 3.8) is 0 Å². The number of nitrogens with one attached hydrogen (secondary N) is 1. The van der Waals surface area contributed by atoms with Crippen molar-refractivity contribution in [1.82, 2.24) is 15.1 Å². The molecule has 1 aromatic carbocycles. The highest BCUT2D eigenvalue weighted by Crippen LogP contribution is 2.33. The van der Waals surface area contributed by atoms with Crippen LogP contribution in [0.4, 0.5) is 4.79 Å². The van der Waals surface area contributed by atoms with Crippen molar-refractivity contribution in [2.75, 3.05) is 19.0 Å². The van der Waals surface area contributed by atoms with Gasteiger partial charge in [-0.2, -0.15) is 5.10 Å². The van der Waals surface area contributed by atoms with Gasteiger partial charge in [0.2, 0.25) is 0 Å². The maximum atomic E-state index is 11.3. The largest absolute Gasteiger partial charge is 0.490 e. The molecule has 0 bridgehead atoms.